The average molecular weight is 285 g/mol. The van der Waals surface area contributed by atoms with Gasteiger partial charge in [0.25, 0.3) is 0 Å². The highest BCUT2D eigenvalue weighted by molar-refractivity contribution is 7.16. The first-order valence-electron chi connectivity index (χ1n) is 6.81. The SMILES string of the molecule is Cc1ccc(NCc2nn3c(C4CC4)nnc3s2)cc1. The van der Waals surface area contributed by atoms with Crippen LogP contribution in [0.5, 0.6) is 0 Å². The minimum absolute atomic E-state index is 0.574. The van der Waals surface area contributed by atoms with Crippen LogP contribution in [-0.4, -0.2) is 19.8 Å². The van der Waals surface area contributed by atoms with Gasteiger partial charge >= 0.3 is 0 Å². The summed E-state index contributed by atoms with van der Waals surface area (Å²) in [6.07, 6.45) is 2.44. The predicted octanol–water partition coefficient (Wildman–Crippen LogP) is 2.98. The lowest BCUT2D eigenvalue weighted by Crippen LogP contribution is -2.01. The molecular formula is C14H15N5S. The Labute approximate surface area is 120 Å². The lowest BCUT2D eigenvalue weighted by molar-refractivity contribution is 0.807. The van der Waals surface area contributed by atoms with Crippen LogP contribution in [0.2, 0.25) is 0 Å². The van der Waals surface area contributed by atoms with Crippen molar-refractivity contribution in [3.63, 3.8) is 0 Å². The van der Waals surface area contributed by atoms with Gasteiger partial charge in [-0.2, -0.15) is 9.61 Å². The molecule has 1 aliphatic rings. The molecule has 0 unspecified atom stereocenters. The molecule has 1 fully saturated rings. The molecule has 1 aliphatic carbocycles. The fourth-order valence-electron chi connectivity index (χ4n) is 2.19. The fourth-order valence-corrected chi connectivity index (χ4v) is 2.97. The molecule has 0 atom stereocenters. The topological polar surface area (TPSA) is 55.1 Å². The summed E-state index contributed by atoms with van der Waals surface area (Å²) in [5.41, 5.74) is 2.38. The van der Waals surface area contributed by atoms with Crippen molar-refractivity contribution in [1.29, 1.82) is 0 Å². The van der Waals surface area contributed by atoms with Crippen molar-refractivity contribution < 1.29 is 0 Å². The number of nitrogens with zero attached hydrogens (tertiary/aromatic N) is 4. The molecule has 3 aromatic rings. The Morgan fingerprint density at radius 2 is 2.05 bits per heavy atom. The van der Waals surface area contributed by atoms with Gasteiger partial charge in [-0.25, -0.2) is 0 Å². The molecule has 0 amide bonds. The van der Waals surface area contributed by atoms with E-state index in [-0.39, 0.29) is 0 Å². The van der Waals surface area contributed by atoms with Crippen molar-refractivity contribution in [3.8, 4) is 0 Å². The maximum absolute atomic E-state index is 4.61. The Balaban J connectivity index is 1.52. The smallest absolute Gasteiger partial charge is 0.234 e. The number of aryl methyl sites for hydroxylation is 1. The van der Waals surface area contributed by atoms with E-state index in [1.165, 1.54) is 18.4 Å². The molecule has 0 bridgehead atoms. The van der Waals surface area contributed by atoms with Gasteiger partial charge in [-0.3, -0.25) is 0 Å². The van der Waals surface area contributed by atoms with Gasteiger partial charge < -0.3 is 5.32 Å². The number of rotatable bonds is 4. The van der Waals surface area contributed by atoms with Crippen molar-refractivity contribution in [2.45, 2.75) is 32.2 Å². The Bertz CT molecular complexity index is 739. The van der Waals surface area contributed by atoms with Gasteiger partial charge in [0.2, 0.25) is 4.96 Å². The Hall–Kier alpha value is -1.95. The Kier molecular flexibility index (Phi) is 2.70. The summed E-state index contributed by atoms with van der Waals surface area (Å²) in [5, 5.41) is 17.5. The fraction of sp³-hybridized carbons (Fsp3) is 0.357. The van der Waals surface area contributed by atoms with Crippen LogP contribution in [0.1, 0.15) is 35.2 Å². The first kappa shape index (κ1) is 11.8. The lowest BCUT2D eigenvalue weighted by Gasteiger charge is -2.03. The first-order chi connectivity index (χ1) is 9.79. The number of hydrogen-bond acceptors (Lipinski definition) is 5. The van der Waals surface area contributed by atoms with E-state index in [0.717, 1.165) is 28.0 Å². The summed E-state index contributed by atoms with van der Waals surface area (Å²) in [6, 6.07) is 8.38. The molecule has 0 spiro atoms. The number of benzene rings is 1. The third-order valence-electron chi connectivity index (χ3n) is 3.49. The molecule has 2 aromatic heterocycles. The lowest BCUT2D eigenvalue weighted by atomic mass is 10.2. The van der Waals surface area contributed by atoms with E-state index in [1.807, 2.05) is 4.52 Å². The Morgan fingerprint density at radius 3 is 2.80 bits per heavy atom. The van der Waals surface area contributed by atoms with E-state index < -0.39 is 0 Å². The molecule has 0 radical (unpaired) electrons. The number of fused-ring (bicyclic) bond motifs is 1. The highest BCUT2D eigenvalue weighted by Crippen LogP contribution is 2.39. The van der Waals surface area contributed by atoms with E-state index in [9.17, 15) is 0 Å². The summed E-state index contributed by atoms with van der Waals surface area (Å²) in [7, 11) is 0. The van der Waals surface area contributed by atoms with Crippen molar-refractivity contribution in [2.75, 3.05) is 5.32 Å². The van der Waals surface area contributed by atoms with Gasteiger partial charge in [0.05, 0.1) is 6.54 Å². The monoisotopic (exact) mass is 285 g/mol. The molecule has 1 N–H and O–H groups in total. The summed E-state index contributed by atoms with van der Waals surface area (Å²) in [4.78, 5) is 0.896. The number of aromatic nitrogens is 4. The zero-order valence-electron chi connectivity index (χ0n) is 11.2. The zero-order chi connectivity index (χ0) is 13.5. The second-order valence-corrected chi connectivity index (χ2v) is 6.28. The largest absolute Gasteiger partial charge is 0.378 e. The second-order valence-electron chi connectivity index (χ2n) is 5.24. The molecule has 0 aliphatic heterocycles. The standard InChI is InChI=1S/C14H15N5S/c1-9-2-6-11(7-3-9)15-8-12-18-19-13(10-4-5-10)16-17-14(19)20-12/h2-3,6-7,10,15H,4-5,8H2,1H3. The van der Waals surface area contributed by atoms with Gasteiger partial charge in [-0.1, -0.05) is 29.0 Å². The molecule has 102 valence electrons. The first-order valence-corrected chi connectivity index (χ1v) is 7.63. The molecule has 1 saturated carbocycles. The highest BCUT2D eigenvalue weighted by Gasteiger charge is 2.29. The molecule has 6 heteroatoms. The predicted molar refractivity (Wildman–Crippen MR) is 79.1 cm³/mol. The van der Waals surface area contributed by atoms with Gasteiger partial charge in [0.15, 0.2) is 5.82 Å². The van der Waals surface area contributed by atoms with Crippen LogP contribution in [0, 0.1) is 6.92 Å². The van der Waals surface area contributed by atoms with Crippen molar-refractivity contribution in [3.05, 3.63) is 40.7 Å². The van der Waals surface area contributed by atoms with E-state index in [0.29, 0.717) is 5.92 Å². The molecule has 4 rings (SSSR count). The second kappa shape index (κ2) is 4.56. The highest BCUT2D eigenvalue weighted by atomic mass is 32.1. The quantitative estimate of drug-likeness (QED) is 0.800. The van der Waals surface area contributed by atoms with Gasteiger partial charge in [0, 0.05) is 11.6 Å². The average Bonchev–Trinajstić information content (AvgIpc) is 3.09. The Morgan fingerprint density at radius 1 is 1.25 bits per heavy atom. The summed E-state index contributed by atoms with van der Waals surface area (Å²) >= 11 is 1.60. The van der Waals surface area contributed by atoms with Crippen LogP contribution >= 0.6 is 11.3 Å². The van der Waals surface area contributed by atoms with E-state index in [2.05, 4.69) is 51.8 Å². The number of nitrogens with one attached hydrogen (secondary N) is 1. The molecular weight excluding hydrogens is 270 g/mol. The normalized spacial score (nSPS) is 14.8. The molecule has 1 aromatic carbocycles. The molecule has 5 nitrogen and oxygen atoms in total. The van der Waals surface area contributed by atoms with Crippen molar-refractivity contribution in [1.82, 2.24) is 19.8 Å². The van der Waals surface area contributed by atoms with E-state index in [4.69, 9.17) is 0 Å². The summed E-state index contributed by atoms with van der Waals surface area (Å²) in [6.45, 7) is 2.81. The van der Waals surface area contributed by atoms with Crippen LogP contribution in [0.3, 0.4) is 0 Å². The van der Waals surface area contributed by atoms with Crippen LogP contribution in [0.15, 0.2) is 24.3 Å². The van der Waals surface area contributed by atoms with Gasteiger partial charge in [-0.15, -0.1) is 10.2 Å². The van der Waals surface area contributed by atoms with Crippen LogP contribution in [-0.2, 0) is 6.54 Å². The van der Waals surface area contributed by atoms with E-state index >= 15 is 0 Å². The maximum atomic E-state index is 4.61. The molecule has 2 heterocycles. The van der Waals surface area contributed by atoms with E-state index in [1.54, 1.807) is 11.3 Å². The minimum atomic E-state index is 0.574. The van der Waals surface area contributed by atoms with Crippen LogP contribution in [0.25, 0.3) is 4.96 Å². The van der Waals surface area contributed by atoms with Gasteiger partial charge in [0.1, 0.15) is 5.01 Å². The minimum Gasteiger partial charge on any atom is -0.378 e. The maximum Gasteiger partial charge on any atom is 0.234 e. The third-order valence-corrected chi connectivity index (χ3v) is 4.39. The zero-order valence-corrected chi connectivity index (χ0v) is 12.0. The number of hydrogen-bond donors (Lipinski definition) is 1. The third kappa shape index (κ3) is 2.16. The number of anilines is 1. The van der Waals surface area contributed by atoms with Crippen molar-refractivity contribution >= 4 is 22.0 Å². The summed E-state index contributed by atoms with van der Waals surface area (Å²) in [5.74, 6) is 1.60. The van der Waals surface area contributed by atoms with Crippen LogP contribution in [0.4, 0.5) is 5.69 Å². The van der Waals surface area contributed by atoms with Crippen LogP contribution < -0.4 is 5.32 Å². The summed E-state index contributed by atoms with van der Waals surface area (Å²) < 4.78 is 1.91. The molecule has 20 heavy (non-hydrogen) atoms. The van der Waals surface area contributed by atoms with Crippen molar-refractivity contribution in [2.24, 2.45) is 0 Å². The van der Waals surface area contributed by atoms with Gasteiger partial charge in [-0.05, 0) is 31.9 Å². The molecule has 0 saturated heterocycles.